The first-order chi connectivity index (χ1) is 10.7. The Morgan fingerprint density at radius 3 is 2.73 bits per heavy atom. The summed E-state index contributed by atoms with van der Waals surface area (Å²) >= 11 is 0. The average molecular weight is 299 g/mol. The maximum Gasteiger partial charge on any atom is 0.251 e. The fraction of sp³-hybridized carbons (Fsp3) is 0.278. The van der Waals surface area contributed by atoms with E-state index in [1.165, 1.54) is 12.1 Å². The number of hydrogen-bond donors (Lipinski definition) is 1. The molecule has 0 aromatic heterocycles. The molecule has 1 fully saturated rings. The predicted molar refractivity (Wildman–Crippen MR) is 83.1 cm³/mol. The maximum atomic E-state index is 13.8. The molecule has 0 bridgehead atoms. The van der Waals surface area contributed by atoms with Crippen LogP contribution in [0.25, 0.3) is 11.1 Å². The minimum absolute atomic E-state index is 0.0751. The average Bonchev–Trinajstić information content (AvgIpc) is 3.06. The van der Waals surface area contributed by atoms with Gasteiger partial charge in [0.2, 0.25) is 0 Å². The SMILES string of the molecule is O=C(NCC1CCCO1)c1cc(F)cc(-c2ccccc2)c1. The smallest absolute Gasteiger partial charge is 0.251 e. The normalized spacial score (nSPS) is 17.4. The van der Waals surface area contributed by atoms with E-state index in [0.29, 0.717) is 17.7 Å². The summed E-state index contributed by atoms with van der Waals surface area (Å²) in [5, 5.41) is 2.82. The molecule has 1 aliphatic rings. The van der Waals surface area contributed by atoms with Gasteiger partial charge < -0.3 is 10.1 Å². The largest absolute Gasteiger partial charge is 0.376 e. The van der Waals surface area contributed by atoms with E-state index >= 15 is 0 Å². The Labute approximate surface area is 129 Å². The number of carbonyl (C=O) groups is 1. The third kappa shape index (κ3) is 3.52. The molecule has 2 aromatic carbocycles. The van der Waals surface area contributed by atoms with Crippen molar-refractivity contribution >= 4 is 5.91 Å². The van der Waals surface area contributed by atoms with Crippen LogP contribution in [0.1, 0.15) is 23.2 Å². The Bertz CT molecular complexity index is 651. The van der Waals surface area contributed by atoms with Gasteiger partial charge >= 0.3 is 0 Å². The summed E-state index contributed by atoms with van der Waals surface area (Å²) in [6, 6.07) is 13.9. The van der Waals surface area contributed by atoms with Crippen molar-refractivity contribution in [3.63, 3.8) is 0 Å². The molecule has 4 heteroatoms. The van der Waals surface area contributed by atoms with Crippen LogP contribution in [0.3, 0.4) is 0 Å². The van der Waals surface area contributed by atoms with E-state index in [-0.39, 0.29) is 12.0 Å². The number of benzene rings is 2. The van der Waals surface area contributed by atoms with Crippen LogP contribution in [0.15, 0.2) is 48.5 Å². The van der Waals surface area contributed by atoms with Gasteiger partial charge in [-0.2, -0.15) is 0 Å². The molecule has 0 radical (unpaired) electrons. The van der Waals surface area contributed by atoms with Crippen LogP contribution < -0.4 is 5.32 Å². The van der Waals surface area contributed by atoms with E-state index in [1.54, 1.807) is 6.07 Å². The van der Waals surface area contributed by atoms with Gasteiger partial charge in [-0.1, -0.05) is 30.3 Å². The zero-order chi connectivity index (χ0) is 15.4. The summed E-state index contributed by atoms with van der Waals surface area (Å²) in [4.78, 5) is 12.2. The van der Waals surface area contributed by atoms with Crippen LogP contribution >= 0.6 is 0 Å². The first-order valence-corrected chi connectivity index (χ1v) is 7.48. The fourth-order valence-electron chi connectivity index (χ4n) is 2.63. The highest BCUT2D eigenvalue weighted by molar-refractivity contribution is 5.95. The van der Waals surface area contributed by atoms with Crippen molar-refractivity contribution in [3.05, 3.63) is 59.9 Å². The lowest BCUT2D eigenvalue weighted by Crippen LogP contribution is -2.31. The molecule has 0 saturated carbocycles. The summed E-state index contributed by atoms with van der Waals surface area (Å²) in [6.45, 7) is 1.22. The lowest BCUT2D eigenvalue weighted by Gasteiger charge is -2.11. The molecule has 114 valence electrons. The zero-order valence-corrected chi connectivity index (χ0v) is 12.2. The third-order valence-electron chi connectivity index (χ3n) is 3.78. The minimum Gasteiger partial charge on any atom is -0.376 e. The Balaban J connectivity index is 1.75. The van der Waals surface area contributed by atoms with Crippen molar-refractivity contribution in [2.45, 2.75) is 18.9 Å². The molecule has 2 aromatic rings. The van der Waals surface area contributed by atoms with Crippen molar-refractivity contribution in [2.24, 2.45) is 0 Å². The highest BCUT2D eigenvalue weighted by Crippen LogP contribution is 2.22. The number of rotatable bonds is 4. The van der Waals surface area contributed by atoms with Crippen molar-refractivity contribution in [2.75, 3.05) is 13.2 Å². The van der Waals surface area contributed by atoms with Gasteiger partial charge in [0.25, 0.3) is 5.91 Å². The number of carbonyl (C=O) groups excluding carboxylic acids is 1. The van der Waals surface area contributed by atoms with E-state index in [2.05, 4.69) is 5.32 Å². The van der Waals surface area contributed by atoms with Gasteiger partial charge in [-0.3, -0.25) is 4.79 Å². The minimum atomic E-state index is -0.413. The van der Waals surface area contributed by atoms with Gasteiger partial charge in [0.1, 0.15) is 5.82 Å². The van der Waals surface area contributed by atoms with Crippen LogP contribution in [0, 0.1) is 5.82 Å². The topological polar surface area (TPSA) is 38.3 Å². The first kappa shape index (κ1) is 14.7. The molecule has 1 N–H and O–H groups in total. The Hall–Kier alpha value is -2.20. The van der Waals surface area contributed by atoms with Crippen molar-refractivity contribution in [1.82, 2.24) is 5.32 Å². The molecule has 22 heavy (non-hydrogen) atoms. The van der Waals surface area contributed by atoms with E-state index < -0.39 is 5.82 Å². The summed E-state index contributed by atoms with van der Waals surface area (Å²) < 4.78 is 19.3. The number of nitrogens with one attached hydrogen (secondary N) is 1. The second kappa shape index (κ2) is 6.71. The van der Waals surface area contributed by atoms with Crippen LogP contribution in [-0.4, -0.2) is 25.2 Å². The lowest BCUT2D eigenvalue weighted by atomic mass is 10.0. The first-order valence-electron chi connectivity index (χ1n) is 7.48. The van der Waals surface area contributed by atoms with Crippen molar-refractivity contribution in [1.29, 1.82) is 0 Å². The van der Waals surface area contributed by atoms with Gasteiger partial charge in [0, 0.05) is 18.7 Å². The highest BCUT2D eigenvalue weighted by Gasteiger charge is 2.17. The molecular formula is C18H18FNO2. The second-order valence-electron chi connectivity index (χ2n) is 5.44. The van der Waals surface area contributed by atoms with Crippen LogP contribution in [0.5, 0.6) is 0 Å². The zero-order valence-electron chi connectivity index (χ0n) is 12.2. The van der Waals surface area contributed by atoms with Crippen LogP contribution in [0.4, 0.5) is 4.39 Å². The summed E-state index contributed by atoms with van der Waals surface area (Å²) in [7, 11) is 0. The fourth-order valence-corrected chi connectivity index (χ4v) is 2.63. The molecule has 1 heterocycles. The van der Waals surface area contributed by atoms with Crippen molar-refractivity contribution in [3.8, 4) is 11.1 Å². The van der Waals surface area contributed by atoms with Gasteiger partial charge in [-0.25, -0.2) is 4.39 Å². The quantitative estimate of drug-likeness (QED) is 0.939. The summed E-state index contributed by atoms with van der Waals surface area (Å²) in [6.07, 6.45) is 2.06. The van der Waals surface area contributed by atoms with Crippen LogP contribution in [-0.2, 0) is 4.74 Å². The number of amides is 1. The van der Waals surface area contributed by atoms with E-state index in [9.17, 15) is 9.18 Å². The molecule has 1 saturated heterocycles. The molecule has 0 aliphatic carbocycles. The van der Waals surface area contributed by atoms with E-state index in [0.717, 1.165) is 25.0 Å². The van der Waals surface area contributed by atoms with Gasteiger partial charge in [0.15, 0.2) is 0 Å². The maximum absolute atomic E-state index is 13.8. The molecule has 1 aliphatic heterocycles. The van der Waals surface area contributed by atoms with Gasteiger partial charge in [-0.05, 0) is 42.2 Å². The van der Waals surface area contributed by atoms with Crippen molar-refractivity contribution < 1.29 is 13.9 Å². The number of halogens is 1. The third-order valence-corrected chi connectivity index (χ3v) is 3.78. The van der Waals surface area contributed by atoms with E-state index in [4.69, 9.17) is 4.74 Å². The standard InChI is InChI=1S/C18H18FNO2/c19-16-10-14(13-5-2-1-3-6-13)9-15(11-16)18(21)20-12-17-7-4-8-22-17/h1-3,5-6,9-11,17H,4,7-8,12H2,(H,20,21). The monoisotopic (exact) mass is 299 g/mol. The molecular weight excluding hydrogens is 281 g/mol. The molecule has 1 atom stereocenters. The molecule has 1 unspecified atom stereocenters. The molecule has 3 rings (SSSR count). The predicted octanol–water partition coefficient (Wildman–Crippen LogP) is 3.40. The lowest BCUT2D eigenvalue weighted by molar-refractivity contribution is 0.0857. The Morgan fingerprint density at radius 1 is 1.18 bits per heavy atom. The Kier molecular flexibility index (Phi) is 4.49. The summed E-state index contributed by atoms with van der Waals surface area (Å²) in [5.74, 6) is -0.684. The van der Waals surface area contributed by atoms with E-state index in [1.807, 2.05) is 30.3 Å². The van der Waals surface area contributed by atoms with Gasteiger partial charge in [0.05, 0.1) is 6.10 Å². The molecule has 3 nitrogen and oxygen atoms in total. The Morgan fingerprint density at radius 2 is 2.00 bits per heavy atom. The molecule has 0 spiro atoms. The van der Waals surface area contributed by atoms with Crippen LogP contribution in [0.2, 0.25) is 0 Å². The highest BCUT2D eigenvalue weighted by atomic mass is 19.1. The van der Waals surface area contributed by atoms with Gasteiger partial charge in [-0.15, -0.1) is 0 Å². The number of hydrogen-bond acceptors (Lipinski definition) is 2. The second-order valence-corrected chi connectivity index (χ2v) is 5.44. The number of ether oxygens (including phenoxy) is 1. The summed E-state index contributed by atoms with van der Waals surface area (Å²) in [5.41, 5.74) is 1.91. The molecule has 1 amide bonds.